The molecule has 0 saturated heterocycles. The lowest BCUT2D eigenvalue weighted by molar-refractivity contribution is -0.147. The van der Waals surface area contributed by atoms with Crippen molar-refractivity contribution in [2.24, 2.45) is 5.73 Å². The average molecular weight is 489 g/mol. The van der Waals surface area contributed by atoms with Gasteiger partial charge in [-0.2, -0.15) is 0 Å². The zero-order chi connectivity index (χ0) is 26.4. The average Bonchev–Trinajstić information content (AvgIpc) is 2.73. The smallest absolute Gasteiger partial charge is 0.407 e. The first-order chi connectivity index (χ1) is 16.4. The molecule has 0 fully saturated rings. The van der Waals surface area contributed by atoms with Crippen LogP contribution in [0.15, 0.2) is 60.7 Å². The molecule has 2 aromatic rings. The van der Waals surface area contributed by atoms with Crippen LogP contribution < -0.4 is 11.1 Å². The lowest BCUT2D eigenvalue weighted by Gasteiger charge is -2.27. The predicted octanol–water partition coefficient (Wildman–Crippen LogP) is 2.99. The first-order valence-corrected chi connectivity index (χ1v) is 11.3. The van der Waals surface area contributed by atoms with Gasteiger partial charge in [0, 0.05) is 12.1 Å². The van der Waals surface area contributed by atoms with Crippen LogP contribution in [0.3, 0.4) is 0 Å². The second kappa shape index (κ2) is 14.7. The van der Waals surface area contributed by atoms with Crippen LogP contribution in [0, 0.1) is 0 Å². The van der Waals surface area contributed by atoms with Gasteiger partial charge in [0.2, 0.25) is 0 Å². The number of alkyl carbamates (subject to hydrolysis) is 1. The molecule has 9 heteroatoms. The molecule has 6 N–H and O–H groups in total. The molecule has 0 spiro atoms. The maximum absolute atomic E-state index is 12.3. The Kier molecular flexibility index (Phi) is 12.5. The summed E-state index contributed by atoms with van der Waals surface area (Å²) < 4.78 is 5.38. The summed E-state index contributed by atoms with van der Waals surface area (Å²) in [5.74, 6) is -2.62. The van der Waals surface area contributed by atoms with E-state index in [1.54, 1.807) is 0 Å². The fraction of sp³-hybridized carbons (Fsp3) is 0.423. The molecule has 0 aliphatic heterocycles. The molecule has 0 heterocycles. The fourth-order valence-electron chi connectivity index (χ4n) is 3.18. The van der Waals surface area contributed by atoms with E-state index in [1.807, 2.05) is 81.4 Å². The van der Waals surface area contributed by atoms with E-state index in [-0.39, 0.29) is 6.04 Å². The molecular weight excluding hydrogens is 452 g/mol. The standard InChI is InChI=1S/C23H32N2O3.C3H4O4/c1-23(2,3)28-22(27)25-19(14-17-10-6-4-7-11-17)16-21(26)20(24)15-18-12-8-5-9-13-18;4-2(5)1-3(6)7/h4-13,19-21,26H,14-16,24H2,1-3H3,(H,25,27);1H2,(H,4,5)(H,6,7). The van der Waals surface area contributed by atoms with Gasteiger partial charge >= 0.3 is 18.0 Å². The molecule has 0 aromatic heterocycles. The molecule has 0 aliphatic carbocycles. The monoisotopic (exact) mass is 488 g/mol. The molecular formula is C26H36N2O7. The molecule has 0 aliphatic rings. The number of rotatable bonds is 10. The van der Waals surface area contributed by atoms with Crippen LogP contribution in [0.2, 0.25) is 0 Å². The number of benzene rings is 2. The van der Waals surface area contributed by atoms with Gasteiger partial charge in [0.05, 0.1) is 6.10 Å². The lowest BCUT2D eigenvalue weighted by Crippen LogP contribution is -2.46. The van der Waals surface area contributed by atoms with Crippen LogP contribution in [-0.4, -0.2) is 57.1 Å². The molecule has 1 amide bonds. The zero-order valence-electron chi connectivity index (χ0n) is 20.4. The highest BCUT2D eigenvalue weighted by Crippen LogP contribution is 2.14. The van der Waals surface area contributed by atoms with Gasteiger partial charge in [-0.1, -0.05) is 60.7 Å². The van der Waals surface area contributed by atoms with Crippen molar-refractivity contribution in [1.82, 2.24) is 5.32 Å². The summed E-state index contributed by atoms with van der Waals surface area (Å²) in [5, 5.41) is 29.0. The highest BCUT2D eigenvalue weighted by Gasteiger charge is 2.24. The fourth-order valence-corrected chi connectivity index (χ4v) is 3.18. The Morgan fingerprint density at radius 2 is 1.34 bits per heavy atom. The number of nitrogens with one attached hydrogen (secondary N) is 1. The third-order valence-corrected chi connectivity index (χ3v) is 4.68. The number of amides is 1. The normalized spacial score (nSPS) is 13.4. The van der Waals surface area contributed by atoms with Crippen LogP contribution >= 0.6 is 0 Å². The van der Waals surface area contributed by atoms with Gasteiger partial charge in [-0.05, 0) is 51.2 Å². The minimum Gasteiger partial charge on any atom is -0.481 e. The van der Waals surface area contributed by atoms with Crippen LogP contribution in [0.1, 0.15) is 44.7 Å². The molecule has 2 rings (SSSR count). The molecule has 0 radical (unpaired) electrons. The van der Waals surface area contributed by atoms with Gasteiger partial charge in [-0.15, -0.1) is 0 Å². The summed E-state index contributed by atoms with van der Waals surface area (Å²) >= 11 is 0. The van der Waals surface area contributed by atoms with Gasteiger partial charge in [0.25, 0.3) is 0 Å². The van der Waals surface area contributed by atoms with Gasteiger partial charge in [0.15, 0.2) is 0 Å². The SMILES string of the molecule is CC(C)(C)OC(=O)NC(Cc1ccccc1)CC(O)C(N)Cc1ccccc1.O=C(O)CC(=O)O. The van der Waals surface area contributed by atoms with Crippen LogP contribution in [0.25, 0.3) is 0 Å². The van der Waals surface area contributed by atoms with Gasteiger partial charge in [-0.3, -0.25) is 9.59 Å². The van der Waals surface area contributed by atoms with E-state index in [9.17, 15) is 19.5 Å². The van der Waals surface area contributed by atoms with Crippen molar-refractivity contribution in [3.63, 3.8) is 0 Å². The Labute approximate surface area is 205 Å². The van der Waals surface area contributed by atoms with Crippen molar-refractivity contribution >= 4 is 18.0 Å². The highest BCUT2D eigenvalue weighted by molar-refractivity contribution is 5.88. The van der Waals surface area contributed by atoms with Crippen molar-refractivity contribution in [3.8, 4) is 0 Å². The van der Waals surface area contributed by atoms with Crippen molar-refractivity contribution in [1.29, 1.82) is 0 Å². The maximum Gasteiger partial charge on any atom is 0.407 e. The second-order valence-corrected chi connectivity index (χ2v) is 9.15. The summed E-state index contributed by atoms with van der Waals surface area (Å²) in [6.07, 6.45) is -0.523. The quantitative estimate of drug-likeness (QED) is 0.319. The molecule has 2 aromatic carbocycles. The number of carbonyl (C=O) groups excluding carboxylic acids is 1. The minimum atomic E-state index is -1.31. The number of hydrogen-bond acceptors (Lipinski definition) is 6. The number of nitrogens with two attached hydrogens (primary N) is 1. The van der Waals surface area contributed by atoms with Crippen molar-refractivity contribution in [3.05, 3.63) is 71.8 Å². The molecule has 3 unspecified atom stereocenters. The Bertz CT molecular complexity index is 902. The minimum absolute atomic E-state index is 0.283. The summed E-state index contributed by atoms with van der Waals surface area (Å²) in [6, 6.07) is 19.0. The first-order valence-electron chi connectivity index (χ1n) is 11.3. The number of carboxylic acid groups (broad SMARTS) is 2. The summed E-state index contributed by atoms with van der Waals surface area (Å²) in [4.78, 5) is 31.1. The molecule has 192 valence electrons. The topological polar surface area (TPSA) is 159 Å². The van der Waals surface area contributed by atoms with E-state index in [2.05, 4.69) is 5.32 Å². The third-order valence-electron chi connectivity index (χ3n) is 4.68. The summed E-state index contributed by atoms with van der Waals surface area (Å²) in [5.41, 5.74) is 7.80. The number of hydrogen-bond donors (Lipinski definition) is 5. The number of carbonyl (C=O) groups is 3. The highest BCUT2D eigenvalue weighted by atomic mass is 16.6. The molecule has 9 nitrogen and oxygen atoms in total. The van der Waals surface area contributed by atoms with E-state index in [4.69, 9.17) is 20.7 Å². The predicted molar refractivity (Wildman–Crippen MR) is 132 cm³/mol. The Hall–Kier alpha value is -3.43. The van der Waals surface area contributed by atoms with E-state index in [0.29, 0.717) is 19.3 Å². The third kappa shape index (κ3) is 14.4. The van der Waals surface area contributed by atoms with E-state index in [1.165, 1.54) is 0 Å². The Balaban J connectivity index is 0.000000762. The molecule has 0 saturated carbocycles. The van der Waals surface area contributed by atoms with E-state index < -0.39 is 42.2 Å². The summed E-state index contributed by atoms with van der Waals surface area (Å²) in [7, 11) is 0. The summed E-state index contributed by atoms with van der Waals surface area (Å²) in [6.45, 7) is 5.47. The first kappa shape index (κ1) is 29.6. The largest absolute Gasteiger partial charge is 0.481 e. The molecule has 3 atom stereocenters. The molecule has 35 heavy (non-hydrogen) atoms. The molecule has 0 bridgehead atoms. The maximum atomic E-state index is 12.3. The van der Waals surface area contributed by atoms with Gasteiger partial charge < -0.3 is 31.1 Å². The van der Waals surface area contributed by atoms with Crippen LogP contribution in [0.4, 0.5) is 4.79 Å². The van der Waals surface area contributed by atoms with E-state index in [0.717, 1.165) is 11.1 Å². The number of ether oxygens (including phenoxy) is 1. The van der Waals surface area contributed by atoms with Crippen LogP contribution in [-0.2, 0) is 27.2 Å². The number of aliphatic hydroxyl groups excluding tert-OH is 1. The zero-order valence-corrected chi connectivity index (χ0v) is 20.4. The Morgan fingerprint density at radius 3 is 1.74 bits per heavy atom. The number of aliphatic hydroxyl groups is 1. The van der Waals surface area contributed by atoms with Crippen molar-refractivity contribution < 1.29 is 34.4 Å². The second-order valence-electron chi connectivity index (χ2n) is 9.15. The van der Waals surface area contributed by atoms with Gasteiger partial charge in [-0.25, -0.2) is 4.79 Å². The van der Waals surface area contributed by atoms with Crippen molar-refractivity contribution in [2.75, 3.05) is 0 Å². The van der Waals surface area contributed by atoms with Crippen LogP contribution in [0.5, 0.6) is 0 Å². The van der Waals surface area contributed by atoms with Gasteiger partial charge in [0.1, 0.15) is 12.0 Å². The lowest BCUT2D eigenvalue weighted by atomic mass is 9.94. The van der Waals surface area contributed by atoms with Crippen molar-refractivity contribution in [2.45, 2.75) is 70.2 Å². The Morgan fingerprint density at radius 1 is 0.886 bits per heavy atom. The van der Waals surface area contributed by atoms with E-state index >= 15 is 0 Å². The number of carboxylic acids is 2. The number of aliphatic carboxylic acids is 2.